The van der Waals surface area contributed by atoms with Crippen LogP contribution in [0.25, 0.3) is 0 Å². The number of hydrogen-bond donors (Lipinski definition) is 2. The van der Waals surface area contributed by atoms with Crippen LogP contribution >= 0.6 is 0 Å². The molecule has 2 aromatic rings. The monoisotopic (exact) mass is 400 g/mol. The first kappa shape index (κ1) is 20.1. The second-order valence-corrected chi connectivity index (χ2v) is 6.60. The number of ether oxygens (including phenoxy) is 1. The number of nitrogens with two attached hydrogens (primary N) is 1. The van der Waals surface area contributed by atoms with Crippen molar-refractivity contribution in [2.24, 2.45) is 11.7 Å². The minimum Gasteiger partial charge on any atom is -0.450 e. The highest BCUT2D eigenvalue weighted by atomic mass is 19.1. The number of hydrogen-bond acceptors (Lipinski definition) is 6. The highest BCUT2D eigenvalue weighted by molar-refractivity contribution is 5.98. The minimum atomic E-state index is -0.682. The van der Waals surface area contributed by atoms with Crippen molar-refractivity contribution in [3.63, 3.8) is 0 Å². The number of likely N-dealkylation sites (tertiary alicyclic amines) is 1. The van der Waals surface area contributed by atoms with Crippen LogP contribution in [0.4, 0.5) is 20.7 Å². The SMILES string of the molecule is CCOC(=O)N1CCC(n2cc(C(N)=O)c(Nc3ccc(F)cc3)n2)C(C#N)C1. The first-order chi connectivity index (χ1) is 13.9. The fourth-order valence-electron chi connectivity index (χ4n) is 3.27. The van der Waals surface area contributed by atoms with Gasteiger partial charge in [0.2, 0.25) is 0 Å². The molecule has 1 fully saturated rings. The van der Waals surface area contributed by atoms with E-state index in [1.807, 2.05) is 0 Å². The summed E-state index contributed by atoms with van der Waals surface area (Å²) in [5.41, 5.74) is 6.16. The lowest BCUT2D eigenvalue weighted by molar-refractivity contribution is 0.0815. The van der Waals surface area contributed by atoms with Gasteiger partial charge in [0.1, 0.15) is 11.4 Å². The van der Waals surface area contributed by atoms with Crippen LogP contribution in [0, 0.1) is 23.1 Å². The topological polar surface area (TPSA) is 126 Å². The number of anilines is 2. The molecule has 0 radical (unpaired) electrons. The molecule has 1 aliphatic rings. The molecule has 2 heterocycles. The Bertz CT molecular complexity index is 936. The number of primary amides is 1. The van der Waals surface area contributed by atoms with E-state index >= 15 is 0 Å². The van der Waals surface area contributed by atoms with Gasteiger partial charge in [0, 0.05) is 25.0 Å². The summed E-state index contributed by atoms with van der Waals surface area (Å²) in [6.07, 6.45) is 1.50. The van der Waals surface area contributed by atoms with Crippen molar-refractivity contribution in [2.45, 2.75) is 19.4 Å². The van der Waals surface area contributed by atoms with E-state index in [9.17, 15) is 19.2 Å². The first-order valence-corrected chi connectivity index (χ1v) is 9.15. The van der Waals surface area contributed by atoms with E-state index in [0.29, 0.717) is 18.7 Å². The zero-order valence-electron chi connectivity index (χ0n) is 15.8. The number of halogens is 1. The second kappa shape index (κ2) is 8.60. The summed E-state index contributed by atoms with van der Waals surface area (Å²) < 4.78 is 19.6. The predicted octanol–water partition coefficient (Wildman–Crippen LogP) is 2.41. The van der Waals surface area contributed by atoms with Gasteiger partial charge >= 0.3 is 6.09 Å². The maximum atomic E-state index is 13.1. The Kier molecular flexibility index (Phi) is 5.97. The van der Waals surface area contributed by atoms with Crippen LogP contribution in [0.1, 0.15) is 29.7 Å². The summed E-state index contributed by atoms with van der Waals surface area (Å²) in [7, 11) is 0. The molecule has 3 rings (SSSR count). The predicted molar refractivity (Wildman–Crippen MR) is 102 cm³/mol. The molecule has 0 saturated carbocycles. The molecule has 0 bridgehead atoms. The number of aromatic nitrogens is 2. The number of carbonyl (C=O) groups is 2. The third kappa shape index (κ3) is 4.45. The highest BCUT2D eigenvalue weighted by Crippen LogP contribution is 2.30. The Morgan fingerprint density at radius 1 is 1.41 bits per heavy atom. The summed E-state index contributed by atoms with van der Waals surface area (Å²) >= 11 is 0. The number of nitriles is 1. The molecule has 1 aromatic carbocycles. The molecule has 152 valence electrons. The molecular weight excluding hydrogens is 379 g/mol. The smallest absolute Gasteiger partial charge is 0.409 e. The number of rotatable bonds is 5. The lowest BCUT2D eigenvalue weighted by Crippen LogP contribution is -2.44. The average molecular weight is 400 g/mol. The van der Waals surface area contributed by atoms with Gasteiger partial charge in [0.25, 0.3) is 5.91 Å². The van der Waals surface area contributed by atoms with Crippen molar-refractivity contribution in [1.29, 1.82) is 5.26 Å². The van der Waals surface area contributed by atoms with Gasteiger partial charge in [-0.1, -0.05) is 0 Å². The molecule has 3 N–H and O–H groups in total. The summed E-state index contributed by atoms with van der Waals surface area (Å²) in [6, 6.07) is 7.44. The summed E-state index contributed by atoms with van der Waals surface area (Å²) in [5, 5.41) is 16.9. The van der Waals surface area contributed by atoms with Crippen molar-refractivity contribution < 1.29 is 18.7 Å². The fraction of sp³-hybridized carbons (Fsp3) is 0.368. The Balaban J connectivity index is 1.83. The van der Waals surface area contributed by atoms with Crippen LogP contribution in [0.2, 0.25) is 0 Å². The number of amides is 2. The largest absolute Gasteiger partial charge is 0.450 e. The van der Waals surface area contributed by atoms with E-state index in [1.165, 1.54) is 40.0 Å². The van der Waals surface area contributed by atoms with Gasteiger partial charge in [-0.3, -0.25) is 9.48 Å². The first-order valence-electron chi connectivity index (χ1n) is 9.15. The van der Waals surface area contributed by atoms with Gasteiger partial charge < -0.3 is 20.7 Å². The molecule has 0 aliphatic carbocycles. The van der Waals surface area contributed by atoms with Crippen molar-refractivity contribution >= 4 is 23.5 Å². The van der Waals surface area contributed by atoms with Gasteiger partial charge in [-0.25, -0.2) is 9.18 Å². The molecule has 9 nitrogen and oxygen atoms in total. The quantitative estimate of drug-likeness (QED) is 0.794. The normalized spacial score (nSPS) is 18.7. The Morgan fingerprint density at radius 3 is 2.76 bits per heavy atom. The van der Waals surface area contributed by atoms with Gasteiger partial charge in [-0.05, 0) is 37.6 Å². The molecule has 29 heavy (non-hydrogen) atoms. The minimum absolute atomic E-state index is 0.152. The summed E-state index contributed by atoms with van der Waals surface area (Å²) in [5.74, 6) is -1.39. The molecule has 2 amide bonds. The third-order valence-corrected chi connectivity index (χ3v) is 4.71. The third-order valence-electron chi connectivity index (χ3n) is 4.71. The average Bonchev–Trinajstić information content (AvgIpc) is 3.13. The number of nitrogens with one attached hydrogen (secondary N) is 1. The molecule has 2 unspecified atom stereocenters. The van der Waals surface area contributed by atoms with E-state index in [-0.39, 0.29) is 36.4 Å². The van der Waals surface area contributed by atoms with Crippen LogP contribution in [-0.2, 0) is 4.74 Å². The fourth-order valence-corrected chi connectivity index (χ4v) is 3.27. The van der Waals surface area contributed by atoms with E-state index in [0.717, 1.165) is 0 Å². The molecule has 1 saturated heterocycles. The molecule has 0 spiro atoms. The number of nitrogens with zero attached hydrogens (tertiary/aromatic N) is 4. The van der Waals surface area contributed by atoms with E-state index in [1.54, 1.807) is 6.92 Å². The van der Waals surface area contributed by atoms with Gasteiger partial charge in [-0.2, -0.15) is 10.4 Å². The van der Waals surface area contributed by atoms with Crippen LogP contribution in [0.15, 0.2) is 30.5 Å². The maximum absolute atomic E-state index is 13.1. The van der Waals surface area contributed by atoms with Crippen molar-refractivity contribution in [3.05, 3.63) is 41.8 Å². The molecule has 1 aromatic heterocycles. The zero-order valence-corrected chi connectivity index (χ0v) is 15.8. The Morgan fingerprint density at radius 2 is 2.14 bits per heavy atom. The van der Waals surface area contributed by atoms with Crippen molar-refractivity contribution in [3.8, 4) is 6.07 Å². The molecule has 2 atom stereocenters. The van der Waals surface area contributed by atoms with Crippen LogP contribution in [0.3, 0.4) is 0 Å². The summed E-state index contributed by atoms with van der Waals surface area (Å²) in [4.78, 5) is 25.3. The standard InChI is InChI=1S/C19H21FN6O3/c1-2-29-19(28)25-8-7-16(12(9-21)10-25)26-11-15(17(22)27)18(24-26)23-14-5-3-13(20)4-6-14/h3-6,11-12,16H,2,7-8,10H2,1H3,(H2,22,27)(H,23,24). The van der Waals surface area contributed by atoms with Crippen molar-refractivity contribution in [2.75, 3.05) is 25.0 Å². The lowest BCUT2D eigenvalue weighted by Gasteiger charge is -2.34. The van der Waals surface area contributed by atoms with E-state index in [4.69, 9.17) is 10.5 Å². The van der Waals surface area contributed by atoms with Gasteiger partial charge in [-0.15, -0.1) is 0 Å². The second-order valence-electron chi connectivity index (χ2n) is 6.60. The number of piperidine rings is 1. The zero-order chi connectivity index (χ0) is 21.0. The van der Waals surface area contributed by atoms with Crippen LogP contribution in [0.5, 0.6) is 0 Å². The maximum Gasteiger partial charge on any atom is 0.409 e. The van der Waals surface area contributed by atoms with E-state index in [2.05, 4.69) is 16.5 Å². The molecular formula is C19H21FN6O3. The lowest BCUT2D eigenvalue weighted by atomic mass is 9.94. The van der Waals surface area contributed by atoms with E-state index < -0.39 is 17.9 Å². The Hall–Kier alpha value is -3.61. The van der Waals surface area contributed by atoms with Crippen LogP contribution < -0.4 is 11.1 Å². The van der Waals surface area contributed by atoms with Gasteiger partial charge in [0.15, 0.2) is 5.82 Å². The summed E-state index contributed by atoms with van der Waals surface area (Å²) in [6.45, 7) is 2.58. The van der Waals surface area contributed by atoms with Crippen LogP contribution in [-0.4, -0.2) is 46.4 Å². The highest BCUT2D eigenvalue weighted by Gasteiger charge is 2.34. The van der Waals surface area contributed by atoms with Crippen molar-refractivity contribution in [1.82, 2.24) is 14.7 Å². The Labute approximate surface area is 166 Å². The number of carbonyl (C=O) groups excluding carboxylic acids is 2. The molecule has 1 aliphatic heterocycles. The van der Waals surface area contributed by atoms with Gasteiger partial charge in [0.05, 0.1) is 24.6 Å². The number of benzene rings is 1. The molecule has 10 heteroatoms.